The van der Waals surface area contributed by atoms with Gasteiger partial charge in [0.05, 0.1) is 6.04 Å². The Bertz CT molecular complexity index is 865. The molecule has 0 bridgehead atoms. The smallest absolute Gasteiger partial charge is 0.222 e. The third kappa shape index (κ3) is 8.34. The van der Waals surface area contributed by atoms with E-state index in [1.807, 2.05) is 29.2 Å². The first-order chi connectivity index (χ1) is 16.2. The van der Waals surface area contributed by atoms with E-state index in [0.29, 0.717) is 25.9 Å². The van der Waals surface area contributed by atoms with Gasteiger partial charge in [0.15, 0.2) is 0 Å². The number of nitrogens with one attached hydrogen (secondary N) is 1. The molecular weight excluding hydrogens is 408 g/mol. The van der Waals surface area contributed by atoms with Crippen LogP contribution in [-0.4, -0.2) is 29.8 Å². The van der Waals surface area contributed by atoms with Crippen molar-refractivity contribution in [3.63, 3.8) is 0 Å². The summed E-state index contributed by atoms with van der Waals surface area (Å²) < 4.78 is 0. The molecule has 1 atom stereocenters. The second-order valence-electron chi connectivity index (χ2n) is 9.24. The molecule has 178 valence electrons. The van der Waals surface area contributed by atoms with Gasteiger partial charge >= 0.3 is 0 Å². The molecule has 33 heavy (non-hydrogen) atoms. The molecule has 0 aliphatic heterocycles. The molecule has 2 aromatic rings. The van der Waals surface area contributed by atoms with Gasteiger partial charge in [0.1, 0.15) is 0 Å². The van der Waals surface area contributed by atoms with Crippen LogP contribution in [0.25, 0.3) is 0 Å². The summed E-state index contributed by atoms with van der Waals surface area (Å²) in [5, 5.41) is 3.23. The summed E-state index contributed by atoms with van der Waals surface area (Å²) in [4.78, 5) is 27.7. The predicted octanol–water partition coefficient (Wildman–Crippen LogP) is 6.00. The SMILES string of the molecule is CCCCCCCC(=O)N(CCC(=O)NC1CCCc2ccccc21)CCc1ccccc1. The molecule has 3 rings (SSSR count). The van der Waals surface area contributed by atoms with E-state index in [4.69, 9.17) is 0 Å². The molecule has 0 fully saturated rings. The Balaban J connectivity index is 1.52. The van der Waals surface area contributed by atoms with Crippen LogP contribution in [0.15, 0.2) is 54.6 Å². The van der Waals surface area contributed by atoms with Crippen LogP contribution >= 0.6 is 0 Å². The zero-order valence-electron chi connectivity index (χ0n) is 20.2. The fraction of sp³-hybridized carbons (Fsp3) is 0.517. The zero-order valence-corrected chi connectivity index (χ0v) is 20.2. The van der Waals surface area contributed by atoms with E-state index in [0.717, 1.165) is 38.5 Å². The summed E-state index contributed by atoms with van der Waals surface area (Å²) in [6.45, 7) is 3.35. The van der Waals surface area contributed by atoms with E-state index < -0.39 is 0 Å². The zero-order chi connectivity index (χ0) is 23.3. The second kappa shape index (κ2) is 13.8. The molecule has 4 heteroatoms. The Hall–Kier alpha value is -2.62. The van der Waals surface area contributed by atoms with E-state index >= 15 is 0 Å². The van der Waals surface area contributed by atoms with Gasteiger partial charge < -0.3 is 10.2 Å². The highest BCUT2D eigenvalue weighted by molar-refractivity contribution is 5.79. The lowest BCUT2D eigenvalue weighted by Crippen LogP contribution is -2.37. The van der Waals surface area contributed by atoms with Crippen LogP contribution in [0.1, 0.15) is 87.4 Å². The summed E-state index contributed by atoms with van der Waals surface area (Å²) in [6, 6.07) is 18.8. The number of nitrogens with zero attached hydrogens (tertiary/aromatic N) is 1. The number of hydrogen-bond acceptors (Lipinski definition) is 2. The second-order valence-corrected chi connectivity index (χ2v) is 9.24. The van der Waals surface area contributed by atoms with Crippen molar-refractivity contribution in [2.24, 2.45) is 0 Å². The van der Waals surface area contributed by atoms with Gasteiger partial charge in [-0.15, -0.1) is 0 Å². The Labute approximate surface area is 199 Å². The third-order valence-electron chi connectivity index (χ3n) is 6.67. The Morgan fingerprint density at radius 1 is 0.909 bits per heavy atom. The number of carbonyl (C=O) groups excluding carboxylic acids is 2. The van der Waals surface area contributed by atoms with Crippen LogP contribution in [0.2, 0.25) is 0 Å². The summed E-state index contributed by atoms with van der Waals surface area (Å²) in [7, 11) is 0. The van der Waals surface area contributed by atoms with Crippen LogP contribution in [0.3, 0.4) is 0 Å². The average Bonchev–Trinajstić information content (AvgIpc) is 2.84. The molecule has 2 aromatic carbocycles. The summed E-state index contributed by atoms with van der Waals surface area (Å²) in [6.07, 6.45) is 10.6. The fourth-order valence-electron chi connectivity index (χ4n) is 4.71. The highest BCUT2D eigenvalue weighted by Crippen LogP contribution is 2.29. The van der Waals surface area contributed by atoms with Gasteiger partial charge in [0, 0.05) is 25.9 Å². The van der Waals surface area contributed by atoms with Crippen LogP contribution in [0.5, 0.6) is 0 Å². The first-order valence-corrected chi connectivity index (χ1v) is 12.9. The van der Waals surface area contributed by atoms with Crippen molar-refractivity contribution in [1.82, 2.24) is 10.2 Å². The van der Waals surface area contributed by atoms with Crippen molar-refractivity contribution in [1.29, 1.82) is 0 Å². The lowest BCUT2D eigenvalue weighted by atomic mass is 9.87. The number of aryl methyl sites for hydroxylation is 1. The van der Waals surface area contributed by atoms with Gasteiger partial charge in [-0.25, -0.2) is 0 Å². The van der Waals surface area contributed by atoms with E-state index in [-0.39, 0.29) is 17.9 Å². The average molecular weight is 449 g/mol. The molecule has 1 N–H and O–H groups in total. The van der Waals surface area contributed by atoms with Gasteiger partial charge in [-0.3, -0.25) is 9.59 Å². The summed E-state index contributed by atoms with van der Waals surface area (Å²) >= 11 is 0. The van der Waals surface area contributed by atoms with Gasteiger partial charge in [-0.2, -0.15) is 0 Å². The van der Waals surface area contributed by atoms with Crippen molar-refractivity contribution in [2.45, 2.75) is 83.6 Å². The normalized spacial score (nSPS) is 15.0. The quantitative estimate of drug-likeness (QED) is 0.382. The molecule has 1 aliphatic carbocycles. The largest absolute Gasteiger partial charge is 0.349 e. The molecule has 0 radical (unpaired) electrons. The third-order valence-corrected chi connectivity index (χ3v) is 6.67. The van der Waals surface area contributed by atoms with Crippen molar-refractivity contribution >= 4 is 11.8 Å². The predicted molar refractivity (Wildman–Crippen MR) is 135 cm³/mol. The fourth-order valence-corrected chi connectivity index (χ4v) is 4.71. The van der Waals surface area contributed by atoms with Gasteiger partial charge in [-0.05, 0) is 48.8 Å². The minimum absolute atomic E-state index is 0.0390. The van der Waals surface area contributed by atoms with Crippen molar-refractivity contribution < 1.29 is 9.59 Å². The molecule has 0 saturated heterocycles. The number of amides is 2. The molecule has 0 saturated carbocycles. The van der Waals surface area contributed by atoms with Gasteiger partial charge in [0.2, 0.25) is 11.8 Å². The first-order valence-electron chi connectivity index (χ1n) is 12.9. The minimum Gasteiger partial charge on any atom is -0.349 e. The van der Waals surface area contributed by atoms with E-state index in [1.54, 1.807) is 0 Å². The molecular formula is C29H40N2O2. The van der Waals surface area contributed by atoms with Crippen molar-refractivity contribution in [3.8, 4) is 0 Å². The maximum Gasteiger partial charge on any atom is 0.222 e. The first kappa shape index (κ1) is 25.0. The number of benzene rings is 2. The van der Waals surface area contributed by atoms with Crippen LogP contribution < -0.4 is 5.32 Å². The lowest BCUT2D eigenvalue weighted by Gasteiger charge is -2.27. The number of unbranched alkanes of at least 4 members (excludes halogenated alkanes) is 4. The highest BCUT2D eigenvalue weighted by atomic mass is 16.2. The molecule has 0 aromatic heterocycles. The van der Waals surface area contributed by atoms with E-state index in [2.05, 4.69) is 42.6 Å². The van der Waals surface area contributed by atoms with Crippen LogP contribution in [-0.2, 0) is 22.4 Å². The highest BCUT2D eigenvalue weighted by Gasteiger charge is 2.22. The van der Waals surface area contributed by atoms with Crippen LogP contribution in [0, 0.1) is 0 Å². The van der Waals surface area contributed by atoms with Gasteiger partial charge in [0.25, 0.3) is 0 Å². The summed E-state index contributed by atoms with van der Waals surface area (Å²) in [5.74, 6) is 0.218. The van der Waals surface area contributed by atoms with Crippen molar-refractivity contribution in [2.75, 3.05) is 13.1 Å². The van der Waals surface area contributed by atoms with E-state index in [1.165, 1.54) is 36.0 Å². The number of hydrogen-bond donors (Lipinski definition) is 1. The number of carbonyl (C=O) groups is 2. The Morgan fingerprint density at radius 2 is 1.67 bits per heavy atom. The topological polar surface area (TPSA) is 49.4 Å². The Kier molecular flexibility index (Phi) is 10.5. The lowest BCUT2D eigenvalue weighted by molar-refractivity contribution is -0.132. The number of rotatable bonds is 13. The molecule has 2 amide bonds. The summed E-state index contributed by atoms with van der Waals surface area (Å²) in [5.41, 5.74) is 3.82. The van der Waals surface area contributed by atoms with E-state index in [9.17, 15) is 9.59 Å². The number of fused-ring (bicyclic) bond motifs is 1. The molecule has 0 heterocycles. The van der Waals surface area contributed by atoms with Crippen LogP contribution in [0.4, 0.5) is 0 Å². The van der Waals surface area contributed by atoms with Gasteiger partial charge in [-0.1, -0.05) is 87.2 Å². The molecule has 4 nitrogen and oxygen atoms in total. The molecule has 1 aliphatic rings. The maximum atomic E-state index is 13.0. The minimum atomic E-state index is 0.0390. The maximum absolute atomic E-state index is 13.0. The molecule has 1 unspecified atom stereocenters. The Morgan fingerprint density at radius 3 is 2.48 bits per heavy atom. The standard InChI is InChI=1S/C29H40N2O2/c1-2-3-4-5-9-19-29(33)31(22-20-24-13-7-6-8-14-24)23-21-28(32)30-27-18-12-16-25-15-10-11-17-26(25)27/h6-8,10-11,13-15,17,27H,2-5,9,12,16,18-23H2,1H3,(H,30,32). The molecule has 0 spiro atoms. The van der Waals surface area contributed by atoms with Crippen molar-refractivity contribution in [3.05, 3.63) is 71.3 Å². The monoisotopic (exact) mass is 448 g/mol.